The summed E-state index contributed by atoms with van der Waals surface area (Å²) in [7, 11) is 0. The number of nitrogens with zero attached hydrogens (tertiary/aromatic N) is 2. The van der Waals surface area contributed by atoms with Crippen molar-refractivity contribution in [1.82, 2.24) is 4.90 Å². The van der Waals surface area contributed by atoms with Gasteiger partial charge in [-0.25, -0.2) is 0 Å². The van der Waals surface area contributed by atoms with Crippen molar-refractivity contribution in [3.05, 3.63) is 33.9 Å². The first-order valence-electron chi connectivity index (χ1n) is 8.37. The first-order valence-corrected chi connectivity index (χ1v) is 9.36. The van der Waals surface area contributed by atoms with Gasteiger partial charge in [-0.15, -0.1) is 11.8 Å². The van der Waals surface area contributed by atoms with Crippen LogP contribution in [0.5, 0.6) is 0 Å². The van der Waals surface area contributed by atoms with Crippen LogP contribution in [0.1, 0.15) is 38.7 Å². The van der Waals surface area contributed by atoms with E-state index in [0.29, 0.717) is 18.5 Å². The molecule has 1 saturated carbocycles. The Balaban J connectivity index is 2.07. The van der Waals surface area contributed by atoms with Crippen molar-refractivity contribution in [2.75, 3.05) is 12.3 Å². The van der Waals surface area contributed by atoms with Crippen molar-refractivity contribution in [2.24, 2.45) is 5.92 Å². The maximum Gasteiger partial charge on any atom is 0.416 e. The molecule has 1 amide bonds. The van der Waals surface area contributed by atoms with Crippen LogP contribution in [0.25, 0.3) is 0 Å². The molecular weight excluding hydrogens is 369 g/mol. The van der Waals surface area contributed by atoms with E-state index in [2.05, 4.69) is 13.8 Å². The maximum absolute atomic E-state index is 12.7. The van der Waals surface area contributed by atoms with Crippen LogP contribution >= 0.6 is 11.8 Å². The number of hydrogen-bond donors (Lipinski definition) is 0. The average Bonchev–Trinajstić information content (AvgIpc) is 3.36. The molecule has 26 heavy (non-hydrogen) atoms. The third-order valence-electron chi connectivity index (χ3n) is 4.09. The number of alkyl halides is 3. The summed E-state index contributed by atoms with van der Waals surface area (Å²) in [6.07, 6.45) is -1.87. The molecule has 0 atom stereocenters. The molecule has 0 aliphatic heterocycles. The van der Waals surface area contributed by atoms with Crippen molar-refractivity contribution in [3.63, 3.8) is 0 Å². The SMILES string of the molecule is CC(C)CCN(C(=O)CSc1ccc(C(F)(F)F)cc1[N+](=O)[O-])C1CC1. The minimum absolute atomic E-state index is 0.0270. The van der Waals surface area contributed by atoms with E-state index in [1.54, 1.807) is 4.90 Å². The molecule has 1 aliphatic carbocycles. The zero-order valence-corrected chi connectivity index (χ0v) is 15.4. The molecule has 1 fully saturated rings. The largest absolute Gasteiger partial charge is 0.416 e. The summed E-state index contributed by atoms with van der Waals surface area (Å²) in [5.41, 5.74) is -1.70. The second-order valence-electron chi connectivity index (χ2n) is 6.73. The van der Waals surface area contributed by atoms with E-state index in [-0.39, 0.29) is 22.6 Å². The standard InChI is InChI=1S/C17H21F3N2O3S/c1-11(2)7-8-21(13-4-5-13)16(23)10-26-15-6-3-12(17(18,19)20)9-14(15)22(24)25/h3,6,9,11,13H,4-5,7-8,10H2,1-2H3. The Morgan fingerprint density at radius 3 is 2.54 bits per heavy atom. The smallest absolute Gasteiger partial charge is 0.339 e. The lowest BCUT2D eigenvalue weighted by Gasteiger charge is -2.23. The summed E-state index contributed by atoms with van der Waals surface area (Å²) in [4.78, 5) is 24.6. The molecule has 0 N–H and O–H groups in total. The summed E-state index contributed by atoms with van der Waals surface area (Å²) >= 11 is 0.910. The van der Waals surface area contributed by atoms with Gasteiger partial charge in [0.05, 0.1) is 21.1 Å². The van der Waals surface area contributed by atoms with Crippen LogP contribution in [0.15, 0.2) is 23.1 Å². The zero-order valence-electron chi connectivity index (χ0n) is 14.6. The van der Waals surface area contributed by atoms with E-state index in [4.69, 9.17) is 0 Å². The highest BCUT2D eigenvalue weighted by Gasteiger charge is 2.34. The zero-order chi connectivity index (χ0) is 19.5. The lowest BCUT2D eigenvalue weighted by atomic mass is 10.1. The van der Waals surface area contributed by atoms with Gasteiger partial charge in [0.1, 0.15) is 0 Å². The van der Waals surface area contributed by atoms with Crippen molar-refractivity contribution >= 4 is 23.4 Å². The first-order chi connectivity index (χ1) is 12.1. The average molecular weight is 390 g/mol. The van der Waals surface area contributed by atoms with Gasteiger partial charge in [0.25, 0.3) is 5.69 Å². The van der Waals surface area contributed by atoms with E-state index in [1.165, 1.54) is 0 Å². The van der Waals surface area contributed by atoms with E-state index in [1.807, 2.05) is 0 Å². The van der Waals surface area contributed by atoms with Gasteiger partial charge in [-0.2, -0.15) is 13.2 Å². The minimum Gasteiger partial charge on any atom is -0.339 e. The number of nitro groups is 1. The van der Waals surface area contributed by atoms with Crippen molar-refractivity contribution in [1.29, 1.82) is 0 Å². The second-order valence-corrected chi connectivity index (χ2v) is 7.74. The fraction of sp³-hybridized carbons (Fsp3) is 0.588. The molecule has 0 heterocycles. The van der Waals surface area contributed by atoms with Gasteiger partial charge in [-0.1, -0.05) is 13.8 Å². The number of rotatable bonds is 8. The fourth-order valence-electron chi connectivity index (χ4n) is 2.48. The Labute approximate surface area is 154 Å². The van der Waals surface area contributed by atoms with Crippen molar-refractivity contribution in [3.8, 4) is 0 Å². The quantitative estimate of drug-likeness (QED) is 0.365. The topological polar surface area (TPSA) is 63.5 Å². The third kappa shape index (κ3) is 5.62. The Morgan fingerprint density at radius 2 is 2.04 bits per heavy atom. The summed E-state index contributed by atoms with van der Waals surface area (Å²) in [6.45, 7) is 4.77. The van der Waals surface area contributed by atoms with Crippen molar-refractivity contribution < 1.29 is 22.9 Å². The number of amides is 1. The molecule has 5 nitrogen and oxygen atoms in total. The van der Waals surface area contributed by atoms with Crippen LogP contribution in [-0.2, 0) is 11.0 Å². The van der Waals surface area contributed by atoms with Crippen LogP contribution in [0.4, 0.5) is 18.9 Å². The lowest BCUT2D eigenvalue weighted by Crippen LogP contribution is -2.35. The molecule has 0 unspecified atom stereocenters. The Bertz CT molecular complexity index is 676. The summed E-state index contributed by atoms with van der Waals surface area (Å²) in [5.74, 6) is 0.293. The molecule has 1 aromatic rings. The molecular formula is C17H21F3N2O3S. The molecule has 2 rings (SSSR count). The Hall–Kier alpha value is -1.77. The van der Waals surface area contributed by atoms with E-state index >= 15 is 0 Å². The maximum atomic E-state index is 12.7. The molecule has 0 aromatic heterocycles. The summed E-state index contributed by atoms with van der Waals surface area (Å²) in [5, 5.41) is 11.1. The Kier molecular flexibility index (Phi) is 6.54. The highest BCUT2D eigenvalue weighted by Crippen LogP contribution is 2.37. The van der Waals surface area contributed by atoms with E-state index < -0.39 is 22.4 Å². The molecule has 0 saturated heterocycles. The highest BCUT2D eigenvalue weighted by atomic mass is 32.2. The van der Waals surface area contributed by atoms with Gasteiger partial charge < -0.3 is 4.90 Å². The normalized spacial score (nSPS) is 14.5. The van der Waals surface area contributed by atoms with Gasteiger partial charge in [0, 0.05) is 18.7 Å². The Morgan fingerprint density at radius 1 is 1.38 bits per heavy atom. The van der Waals surface area contributed by atoms with Gasteiger partial charge in [0.15, 0.2) is 0 Å². The molecule has 144 valence electrons. The molecule has 0 radical (unpaired) electrons. The summed E-state index contributed by atoms with van der Waals surface area (Å²) < 4.78 is 38.2. The summed E-state index contributed by atoms with van der Waals surface area (Å²) in [6, 6.07) is 2.61. The van der Waals surface area contributed by atoms with Crippen LogP contribution in [0.3, 0.4) is 0 Å². The number of carbonyl (C=O) groups is 1. The van der Waals surface area contributed by atoms with Crippen LogP contribution < -0.4 is 0 Å². The van der Waals surface area contributed by atoms with Gasteiger partial charge in [-0.05, 0) is 37.3 Å². The van der Waals surface area contributed by atoms with Gasteiger partial charge >= 0.3 is 6.18 Å². The van der Waals surface area contributed by atoms with E-state index in [0.717, 1.165) is 43.2 Å². The van der Waals surface area contributed by atoms with Crippen molar-refractivity contribution in [2.45, 2.75) is 50.2 Å². The van der Waals surface area contributed by atoms with Crippen LogP contribution in [0.2, 0.25) is 0 Å². The number of carbonyl (C=O) groups excluding carboxylic acids is 1. The van der Waals surface area contributed by atoms with Crippen LogP contribution in [-0.4, -0.2) is 34.1 Å². The first kappa shape index (κ1) is 20.5. The lowest BCUT2D eigenvalue weighted by molar-refractivity contribution is -0.388. The molecule has 0 spiro atoms. The number of benzene rings is 1. The second kappa shape index (κ2) is 8.28. The van der Waals surface area contributed by atoms with Gasteiger partial charge in [-0.3, -0.25) is 14.9 Å². The number of nitro benzene ring substituents is 1. The molecule has 1 aliphatic rings. The number of thioether (sulfide) groups is 1. The molecule has 1 aromatic carbocycles. The monoisotopic (exact) mass is 390 g/mol. The molecule has 0 bridgehead atoms. The third-order valence-corrected chi connectivity index (χ3v) is 5.14. The molecule has 9 heteroatoms. The predicted molar refractivity (Wildman–Crippen MR) is 93.0 cm³/mol. The van der Waals surface area contributed by atoms with Gasteiger partial charge in [0.2, 0.25) is 5.91 Å². The predicted octanol–water partition coefficient (Wildman–Crippen LogP) is 4.74. The fourth-order valence-corrected chi connectivity index (χ4v) is 3.37. The van der Waals surface area contributed by atoms with Crippen LogP contribution in [0, 0.1) is 16.0 Å². The minimum atomic E-state index is -4.65. The highest BCUT2D eigenvalue weighted by molar-refractivity contribution is 8.00. The number of halogens is 3. The van der Waals surface area contributed by atoms with E-state index in [9.17, 15) is 28.1 Å². The number of hydrogen-bond acceptors (Lipinski definition) is 4.